The largest absolute Gasteiger partial charge is 0.280 e. The Morgan fingerprint density at radius 2 is 1.44 bits per heavy atom. The summed E-state index contributed by atoms with van der Waals surface area (Å²) in [6.45, 7) is 1.37. The third-order valence-electron chi connectivity index (χ3n) is 3.48. The van der Waals surface area contributed by atoms with E-state index in [0.717, 1.165) is 0 Å². The third kappa shape index (κ3) is 2.67. The van der Waals surface area contributed by atoms with Crippen LogP contribution < -0.4 is 5.01 Å². The van der Waals surface area contributed by atoms with Crippen molar-refractivity contribution < 1.29 is 26.7 Å². The number of hydrogen-bond acceptors (Lipinski definition) is 3. The van der Waals surface area contributed by atoms with E-state index in [1.165, 1.54) is 25.4 Å². The molecule has 0 radical (unpaired) electrons. The Morgan fingerprint density at radius 3 is 2.00 bits per heavy atom. The van der Waals surface area contributed by atoms with Gasteiger partial charge in [0.15, 0.2) is 23.3 Å². The summed E-state index contributed by atoms with van der Waals surface area (Å²) in [4.78, 5) is 16.2. The first-order valence-corrected chi connectivity index (χ1v) is 6.86. The molecule has 0 atom stereocenters. The molecular weight excluding hydrogens is 345 g/mol. The van der Waals surface area contributed by atoms with Gasteiger partial charge in [-0.15, -0.1) is 0 Å². The summed E-state index contributed by atoms with van der Waals surface area (Å²) in [5, 5.41) is 3.80. The van der Waals surface area contributed by atoms with E-state index in [2.05, 4.69) is 10.1 Å². The van der Waals surface area contributed by atoms with E-state index in [1.54, 1.807) is 12.1 Å². The topological polar surface area (TPSA) is 45.6 Å². The number of pyridine rings is 1. The lowest BCUT2D eigenvalue weighted by atomic mass is 10.1. The van der Waals surface area contributed by atoms with Gasteiger partial charge in [-0.2, -0.15) is 10.1 Å². The highest BCUT2D eigenvalue weighted by atomic mass is 19.2. The molecule has 2 aromatic rings. The van der Waals surface area contributed by atoms with Gasteiger partial charge in [0.1, 0.15) is 5.69 Å². The van der Waals surface area contributed by atoms with Crippen LogP contribution in [0.25, 0.3) is 6.08 Å². The van der Waals surface area contributed by atoms with Crippen LogP contribution in [0.3, 0.4) is 0 Å². The zero-order valence-electron chi connectivity index (χ0n) is 12.5. The summed E-state index contributed by atoms with van der Waals surface area (Å²) in [6, 6.07) is 3.13. The van der Waals surface area contributed by atoms with E-state index < -0.39 is 40.7 Å². The van der Waals surface area contributed by atoms with Crippen molar-refractivity contribution in [3.05, 3.63) is 64.7 Å². The molecule has 3 rings (SSSR count). The van der Waals surface area contributed by atoms with Crippen LogP contribution in [0, 0.1) is 29.1 Å². The predicted octanol–water partition coefficient (Wildman–Crippen LogP) is 3.58. The highest BCUT2D eigenvalue weighted by Crippen LogP contribution is 2.33. The number of anilines is 1. The maximum absolute atomic E-state index is 13.9. The van der Waals surface area contributed by atoms with E-state index >= 15 is 0 Å². The Bertz CT molecular complexity index is 912. The molecule has 1 amide bonds. The van der Waals surface area contributed by atoms with Gasteiger partial charge in [0.2, 0.25) is 5.82 Å². The highest BCUT2D eigenvalue weighted by molar-refractivity contribution is 6.32. The van der Waals surface area contributed by atoms with Crippen LogP contribution in [-0.2, 0) is 4.79 Å². The van der Waals surface area contributed by atoms with Crippen molar-refractivity contribution in [1.29, 1.82) is 0 Å². The Labute approximate surface area is 137 Å². The lowest BCUT2D eigenvalue weighted by Crippen LogP contribution is -2.25. The molecule has 2 heterocycles. The van der Waals surface area contributed by atoms with E-state index in [9.17, 15) is 26.7 Å². The minimum absolute atomic E-state index is 0.0462. The fourth-order valence-corrected chi connectivity index (χ4v) is 2.24. The van der Waals surface area contributed by atoms with Crippen molar-refractivity contribution in [1.82, 2.24) is 4.98 Å². The van der Waals surface area contributed by atoms with Crippen LogP contribution in [0.4, 0.5) is 27.6 Å². The second-order valence-electron chi connectivity index (χ2n) is 5.06. The Kier molecular flexibility index (Phi) is 4.07. The van der Waals surface area contributed by atoms with Crippen molar-refractivity contribution in [2.24, 2.45) is 5.10 Å². The Morgan fingerprint density at radius 1 is 0.920 bits per heavy atom. The van der Waals surface area contributed by atoms with Crippen molar-refractivity contribution in [2.45, 2.75) is 6.92 Å². The molecule has 1 aromatic carbocycles. The monoisotopic (exact) mass is 353 g/mol. The average Bonchev–Trinajstić information content (AvgIpc) is 2.87. The van der Waals surface area contributed by atoms with Crippen molar-refractivity contribution >= 4 is 23.4 Å². The van der Waals surface area contributed by atoms with Gasteiger partial charge >= 0.3 is 0 Å². The van der Waals surface area contributed by atoms with E-state index in [0.29, 0.717) is 5.56 Å². The van der Waals surface area contributed by atoms with Gasteiger partial charge < -0.3 is 0 Å². The normalized spacial score (nSPS) is 15.9. The molecule has 0 aliphatic carbocycles. The molecule has 0 saturated carbocycles. The summed E-state index contributed by atoms with van der Waals surface area (Å²) in [5.74, 6) is -11.9. The first-order valence-electron chi connectivity index (χ1n) is 6.86. The van der Waals surface area contributed by atoms with Gasteiger partial charge in [0.25, 0.3) is 5.91 Å². The van der Waals surface area contributed by atoms with Gasteiger partial charge in [-0.05, 0) is 30.7 Å². The SMILES string of the molecule is CC1=NN(c2c(F)c(F)c(F)c(F)c2F)C(=O)/C1=C/c1ccncc1. The smallest absolute Gasteiger partial charge is 0.267 e. The van der Waals surface area contributed by atoms with E-state index in [1.807, 2.05) is 0 Å². The maximum atomic E-state index is 13.9. The Hall–Kier alpha value is -3.10. The number of carbonyl (C=O) groups excluding carboxylic acids is 1. The lowest BCUT2D eigenvalue weighted by molar-refractivity contribution is -0.114. The molecule has 1 aliphatic rings. The number of nitrogens with zero attached hydrogens (tertiary/aromatic N) is 3. The third-order valence-corrected chi connectivity index (χ3v) is 3.48. The summed E-state index contributed by atoms with van der Waals surface area (Å²) in [5.41, 5.74) is -0.855. The quantitative estimate of drug-likeness (QED) is 0.359. The Balaban J connectivity index is 2.11. The number of aromatic nitrogens is 1. The minimum Gasteiger partial charge on any atom is -0.267 e. The van der Waals surface area contributed by atoms with E-state index in [-0.39, 0.29) is 16.3 Å². The molecule has 9 heteroatoms. The molecule has 0 bridgehead atoms. The summed E-state index contributed by atoms with van der Waals surface area (Å²) in [7, 11) is 0. The van der Waals surface area contributed by atoms with Gasteiger partial charge in [0, 0.05) is 12.4 Å². The molecule has 1 aliphatic heterocycles. The summed E-state index contributed by atoms with van der Waals surface area (Å²) < 4.78 is 67.6. The standard InChI is InChI=1S/C16H8F5N3O/c1-7-9(6-8-2-4-22-5-3-8)16(25)24(23-7)15-13(20)11(18)10(17)12(19)14(15)21/h2-6H,1H3/b9-6+. The highest BCUT2D eigenvalue weighted by Gasteiger charge is 2.36. The maximum Gasteiger partial charge on any atom is 0.280 e. The fraction of sp³-hybridized carbons (Fsp3) is 0.0625. The number of amides is 1. The number of hydrazone groups is 1. The molecular formula is C16H8F5N3O. The minimum atomic E-state index is -2.31. The van der Waals surface area contributed by atoms with Gasteiger partial charge in [0.05, 0.1) is 11.3 Å². The fourth-order valence-electron chi connectivity index (χ4n) is 2.24. The molecule has 0 unspecified atom stereocenters. The van der Waals surface area contributed by atoms with Crippen LogP contribution in [0.1, 0.15) is 12.5 Å². The van der Waals surface area contributed by atoms with Gasteiger partial charge in [-0.1, -0.05) is 0 Å². The van der Waals surface area contributed by atoms with Crippen molar-refractivity contribution in [3.63, 3.8) is 0 Å². The van der Waals surface area contributed by atoms with Gasteiger partial charge in [-0.3, -0.25) is 9.78 Å². The molecule has 1 aromatic heterocycles. The van der Waals surface area contributed by atoms with Crippen LogP contribution in [0.15, 0.2) is 35.2 Å². The van der Waals surface area contributed by atoms with E-state index in [4.69, 9.17) is 0 Å². The molecule has 128 valence electrons. The lowest BCUT2D eigenvalue weighted by Gasteiger charge is -2.15. The first-order chi connectivity index (χ1) is 11.8. The number of carbonyl (C=O) groups is 1. The molecule has 4 nitrogen and oxygen atoms in total. The second kappa shape index (κ2) is 6.08. The molecule has 0 saturated heterocycles. The van der Waals surface area contributed by atoms with Crippen LogP contribution in [0.2, 0.25) is 0 Å². The number of benzene rings is 1. The molecule has 0 spiro atoms. The predicted molar refractivity (Wildman–Crippen MR) is 79.0 cm³/mol. The molecule has 0 N–H and O–H groups in total. The zero-order valence-corrected chi connectivity index (χ0v) is 12.5. The molecule has 0 fully saturated rings. The summed E-state index contributed by atoms with van der Waals surface area (Å²) in [6.07, 6.45) is 4.29. The zero-order chi connectivity index (χ0) is 18.3. The van der Waals surface area contributed by atoms with Crippen LogP contribution >= 0.6 is 0 Å². The average molecular weight is 353 g/mol. The number of hydrogen-bond donors (Lipinski definition) is 0. The van der Waals surface area contributed by atoms with Crippen LogP contribution in [-0.4, -0.2) is 16.6 Å². The van der Waals surface area contributed by atoms with Crippen LogP contribution in [0.5, 0.6) is 0 Å². The number of rotatable bonds is 2. The van der Waals surface area contributed by atoms with Gasteiger partial charge in [-0.25, -0.2) is 22.0 Å². The van der Waals surface area contributed by atoms with Crippen molar-refractivity contribution in [3.8, 4) is 0 Å². The summed E-state index contributed by atoms with van der Waals surface area (Å²) >= 11 is 0. The number of halogens is 5. The molecule has 25 heavy (non-hydrogen) atoms. The first kappa shape index (κ1) is 16.7. The van der Waals surface area contributed by atoms with Crippen molar-refractivity contribution in [2.75, 3.05) is 5.01 Å². The second-order valence-corrected chi connectivity index (χ2v) is 5.06.